The Morgan fingerprint density at radius 2 is 1.94 bits per heavy atom. The Bertz CT molecular complexity index is 217. The van der Waals surface area contributed by atoms with E-state index in [9.17, 15) is 0 Å². The fraction of sp³-hybridized carbons (Fsp3) is 1.00. The number of piperazine rings is 1. The molecule has 1 unspecified atom stereocenters. The molecule has 0 saturated carbocycles. The maximum atomic E-state index is 5.54. The van der Waals surface area contributed by atoms with Crippen LogP contribution in [0.2, 0.25) is 0 Å². The Labute approximate surface area is 113 Å². The van der Waals surface area contributed by atoms with E-state index in [0.717, 1.165) is 26.3 Å². The second-order valence-electron chi connectivity index (χ2n) is 5.48. The highest BCUT2D eigenvalue weighted by Gasteiger charge is 2.35. The van der Waals surface area contributed by atoms with Gasteiger partial charge in [0.2, 0.25) is 0 Å². The third-order valence-corrected chi connectivity index (χ3v) is 4.44. The number of hydrogen-bond donors (Lipinski definition) is 1. The molecule has 0 aliphatic carbocycles. The van der Waals surface area contributed by atoms with Crippen LogP contribution >= 0.6 is 0 Å². The molecule has 108 valence electrons. The maximum Gasteiger partial charge on any atom is 0.0593 e. The molecule has 3 nitrogen and oxygen atoms in total. The molecule has 1 rings (SSSR count). The van der Waals surface area contributed by atoms with E-state index in [1.165, 1.54) is 32.2 Å². The third kappa shape index (κ3) is 4.22. The van der Waals surface area contributed by atoms with Gasteiger partial charge in [0.1, 0.15) is 0 Å². The molecule has 1 atom stereocenters. The molecular formula is C15H32N2O. The van der Waals surface area contributed by atoms with E-state index < -0.39 is 0 Å². The second-order valence-corrected chi connectivity index (χ2v) is 5.48. The van der Waals surface area contributed by atoms with E-state index >= 15 is 0 Å². The van der Waals surface area contributed by atoms with Gasteiger partial charge in [0.15, 0.2) is 0 Å². The zero-order valence-electron chi connectivity index (χ0n) is 12.8. The van der Waals surface area contributed by atoms with E-state index in [0.29, 0.717) is 11.6 Å². The van der Waals surface area contributed by atoms with Crippen LogP contribution in [0.4, 0.5) is 0 Å². The van der Waals surface area contributed by atoms with Crippen molar-refractivity contribution in [1.82, 2.24) is 10.2 Å². The van der Waals surface area contributed by atoms with Gasteiger partial charge in [-0.05, 0) is 26.2 Å². The van der Waals surface area contributed by atoms with E-state index in [2.05, 4.69) is 37.9 Å². The summed E-state index contributed by atoms with van der Waals surface area (Å²) in [5, 5.41) is 3.80. The molecule has 0 radical (unpaired) electrons. The van der Waals surface area contributed by atoms with E-state index in [4.69, 9.17) is 4.74 Å². The molecule has 0 spiro atoms. The molecule has 18 heavy (non-hydrogen) atoms. The molecule has 0 aromatic rings. The minimum atomic E-state index is 0.330. The Morgan fingerprint density at radius 1 is 1.22 bits per heavy atom. The van der Waals surface area contributed by atoms with Gasteiger partial charge in [-0.2, -0.15) is 0 Å². The van der Waals surface area contributed by atoms with Gasteiger partial charge < -0.3 is 10.1 Å². The highest BCUT2D eigenvalue weighted by molar-refractivity contribution is 4.96. The van der Waals surface area contributed by atoms with Gasteiger partial charge in [0.25, 0.3) is 0 Å². The Kier molecular flexibility index (Phi) is 7.20. The molecule has 0 aromatic carbocycles. The van der Waals surface area contributed by atoms with Crippen LogP contribution in [-0.2, 0) is 4.74 Å². The largest absolute Gasteiger partial charge is 0.380 e. The summed E-state index contributed by atoms with van der Waals surface area (Å²) in [6.07, 6.45) is 4.99. The molecule has 1 aliphatic rings. The van der Waals surface area contributed by atoms with Crippen LogP contribution in [0.25, 0.3) is 0 Å². The predicted octanol–water partition coefficient (Wildman–Crippen LogP) is 2.66. The lowest BCUT2D eigenvalue weighted by Crippen LogP contribution is -2.64. The fourth-order valence-corrected chi connectivity index (χ4v) is 2.97. The van der Waals surface area contributed by atoms with Gasteiger partial charge in [-0.25, -0.2) is 0 Å². The standard InChI is InChI=1S/C15H32N2O/c1-5-9-14-12-16-15(6-2,7-3)13-17(14)10-11-18-8-4/h14,16H,5-13H2,1-4H3. The minimum Gasteiger partial charge on any atom is -0.380 e. The van der Waals surface area contributed by atoms with Gasteiger partial charge in [0.05, 0.1) is 6.61 Å². The van der Waals surface area contributed by atoms with Gasteiger partial charge in [-0.1, -0.05) is 27.2 Å². The Balaban J connectivity index is 2.57. The number of rotatable bonds is 8. The maximum absolute atomic E-state index is 5.54. The predicted molar refractivity (Wildman–Crippen MR) is 78.1 cm³/mol. The highest BCUT2D eigenvalue weighted by atomic mass is 16.5. The summed E-state index contributed by atoms with van der Waals surface area (Å²) in [7, 11) is 0. The summed E-state index contributed by atoms with van der Waals surface area (Å²) in [6, 6.07) is 0.696. The lowest BCUT2D eigenvalue weighted by Gasteiger charge is -2.47. The van der Waals surface area contributed by atoms with Crippen molar-refractivity contribution >= 4 is 0 Å². The normalized spacial score (nSPS) is 24.3. The molecule has 1 saturated heterocycles. The van der Waals surface area contributed by atoms with Crippen LogP contribution in [0.1, 0.15) is 53.4 Å². The third-order valence-electron chi connectivity index (χ3n) is 4.44. The van der Waals surface area contributed by atoms with E-state index in [-0.39, 0.29) is 0 Å². The lowest BCUT2D eigenvalue weighted by molar-refractivity contribution is 0.0368. The zero-order chi connectivity index (χ0) is 13.4. The van der Waals surface area contributed by atoms with Gasteiger partial charge in [0, 0.05) is 37.8 Å². The topological polar surface area (TPSA) is 24.5 Å². The van der Waals surface area contributed by atoms with Crippen LogP contribution in [0.3, 0.4) is 0 Å². The minimum absolute atomic E-state index is 0.330. The molecule has 0 bridgehead atoms. The Morgan fingerprint density at radius 3 is 2.50 bits per heavy atom. The average Bonchev–Trinajstić information content (AvgIpc) is 2.41. The van der Waals surface area contributed by atoms with Crippen LogP contribution in [0, 0.1) is 0 Å². The van der Waals surface area contributed by atoms with Crippen molar-refractivity contribution in [3.63, 3.8) is 0 Å². The van der Waals surface area contributed by atoms with Gasteiger partial charge in [-0.3, -0.25) is 4.90 Å². The smallest absolute Gasteiger partial charge is 0.0593 e. The fourth-order valence-electron chi connectivity index (χ4n) is 2.97. The SMILES string of the molecule is CCCC1CNC(CC)(CC)CN1CCOCC. The van der Waals surface area contributed by atoms with E-state index in [1.807, 2.05) is 0 Å². The van der Waals surface area contributed by atoms with Crippen molar-refractivity contribution in [3.05, 3.63) is 0 Å². The first-order valence-electron chi connectivity index (χ1n) is 7.78. The first-order chi connectivity index (χ1) is 8.71. The van der Waals surface area contributed by atoms with Crippen molar-refractivity contribution < 1.29 is 4.74 Å². The molecule has 1 heterocycles. The Hall–Kier alpha value is -0.120. The average molecular weight is 256 g/mol. The molecule has 0 amide bonds. The van der Waals surface area contributed by atoms with Gasteiger partial charge >= 0.3 is 0 Å². The van der Waals surface area contributed by atoms with Crippen molar-refractivity contribution in [2.75, 3.05) is 32.8 Å². The lowest BCUT2D eigenvalue weighted by atomic mass is 9.88. The summed E-state index contributed by atoms with van der Waals surface area (Å²) in [5.74, 6) is 0. The first-order valence-corrected chi connectivity index (χ1v) is 7.78. The first kappa shape index (κ1) is 15.9. The van der Waals surface area contributed by atoms with Crippen molar-refractivity contribution in [3.8, 4) is 0 Å². The molecule has 1 aliphatic heterocycles. The molecule has 0 aromatic heterocycles. The summed E-state index contributed by atoms with van der Waals surface area (Å²) in [5.41, 5.74) is 0.330. The molecule has 1 fully saturated rings. The number of ether oxygens (including phenoxy) is 1. The molecule has 3 heteroatoms. The van der Waals surface area contributed by atoms with E-state index in [1.54, 1.807) is 0 Å². The van der Waals surface area contributed by atoms with Crippen LogP contribution < -0.4 is 5.32 Å². The molecule has 1 N–H and O–H groups in total. The summed E-state index contributed by atoms with van der Waals surface area (Å²) in [4.78, 5) is 2.66. The van der Waals surface area contributed by atoms with Crippen LogP contribution in [-0.4, -0.2) is 49.3 Å². The van der Waals surface area contributed by atoms with Crippen molar-refractivity contribution in [1.29, 1.82) is 0 Å². The number of nitrogens with zero attached hydrogens (tertiary/aromatic N) is 1. The quantitative estimate of drug-likeness (QED) is 0.676. The van der Waals surface area contributed by atoms with Crippen molar-refractivity contribution in [2.45, 2.75) is 65.0 Å². The molecular weight excluding hydrogens is 224 g/mol. The second kappa shape index (κ2) is 8.13. The number of hydrogen-bond acceptors (Lipinski definition) is 3. The van der Waals surface area contributed by atoms with Gasteiger partial charge in [-0.15, -0.1) is 0 Å². The van der Waals surface area contributed by atoms with Crippen LogP contribution in [0.5, 0.6) is 0 Å². The summed E-state index contributed by atoms with van der Waals surface area (Å²) < 4.78 is 5.54. The number of nitrogens with one attached hydrogen (secondary N) is 1. The monoisotopic (exact) mass is 256 g/mol. The van der Waals surface area contributed by atoms with Crippen LogP contribution in [0.15, 0.2) is 0 Å². The highest BCUT2D eigenvalue weighted by Crippen LogP contribution is 2.24. The van der Waals surface area contributed by atoms with Crippen molar-refractivity contribution in [2.24, 2.45) is 0 Å². The zero-order valence-corrected chi connectivity index (χ0v) is 12.8. The summed E-state index contributed by atoms with van der Waals surface area (Å²) in [6.45, 7) is 14.1. The summed E-state index contributed by atoms with van der Waals surface area (Å²) >= 11 is 0.